The Kier molecular flexibility index (Phi) is 9.55. The van der Waals surface area contributed by atoms with Crippen molar-refractivity contribution in [3.05, 3.63) is 211 Å². The Hall–Kier alpha value is -7.33. The number of hydrogen-bond donors (Lipinski definition) is 0. The van der Waals surface area contributed by atoms with Crippen LogP contribution in [0, 0.1) is 18.8 Å². The zero-order valence-electron chi connectivity index (χ0n) is 54.7. The summed E-state index contributed by atoms with van der Waals surface area (Å²) in [6, 6.07) is 60.5. The topological polar surface area (TPSA) is 35.2 Å². The minimum atomic E-state index is -3.49. The molecule has 5 nitrogen and oxygen atoms in total. The maximum absolute atomic E-state index is 8.89. The first-order chi connectivity index (χ1) is 40.3. The summed E-state index contributed by atoms with van der Waals surface area (Å²) < 4.78 is 91.4. The smallest absolute Gasteiger partial charge is 0.135 e. The van der Waals surface area contributed by atoms with Crippen LogP contribution < -0.4 is 9.64 Å². The second-order valence-corrected chi connectivity index (χ2v) is 24.3. The molecule has 0 N–H and O–H groups in total. The summed E-state index contributed by atoms with van der Waals surface area (Å²) in [6.45, 7) is 13.3. The first-order valence-corrected chi connectivity index (χ1v) is 26.6. The Bertz CT molecular complexity index is 4690. The summed E-state index contributed by atoms with van der Waals surface area (Å²) in [4.78, 5) is 7.15. The number of rotatable bonds is 4. The molecule has 3 aromatic heterocycles. The van der Waals surface area contributed by atoms with Crippen molar-refractivity contribution in [1.82, 2.24) is 14.1 Å². The van der Waals surface area contributed by atoms with Gasteiger partial charge in [0.2, 0.25) is 0 Å². The number of benzene rings is 8. The molecule has 0 unspecified atom stereocenters. The summed E-state index contributed by atoms with van der Waals surface area (Å²) in [7, 11) is 0. The number of para-hydroxylation sites is 2. The molecule has 5 heterocycles. The van der Waals surface area contributed by atoms with Crippen molar-refractivity contribution in [2.75, 3.05) is 4.90 Å². The summed E-state index contributed by atoms with van der Waals surface area (Å²) in [5.74, 6) is 1.76. The molecule has 0 saturated heterocycles. The molecule has 6 heteroatoms. The average Bonchev–Trinajstić information content (AvgIpc) is 1.54. The van der Waals surface area contributed by atoms with Crippen molar-refractivity contribution in [1.29, 1.82) is 0 Å². The van der Waals surface area contributed by atoms with Crippen molar-refractivity contribution in [3.63, 3.8) is 0 Å². The Morgan fingerprint density at radius 3 is 1.74 bits per heavy atom. The molecule has 78 heavy (non-hydrogen) atoms. The Morgan fingerprint density at radius 2 is 1.08 bits per heavy atom. The molecule has 0 saturated carbocycles. The standard InChI is InChI=1S/C72H67N4O.Pt/c1-68(2,3)45-35-36-73-64(40-45)76-61-28-19-18-25-55(61)56-31-29-48(41-62(56)76)77-49-30-33-59-63(42-49)74-43-75-65-50(44-37-46(69(4,5)6)39-47(38-44)70(7,8)9)26-20-27-57(65)53-23-16-14-21-51(53)52-22-15-17-24-54(52)58-32-34-60(67(74)66(58)75)72(12,13)71(59,10)11;/h14-40,43H,1-13H3;/q-3;/i4D3,5D3,6D3;. The van der Waals surface area contributed by atoms with Gasteiger partial charge < -0.3 is 18.8 Å². The predicted molar refractivity (Wildman–Crippen MR) is 324 cm³/mol. The summed E-state index contributed by atoms with van der Waals surface area (Å²) >= 11 is 0. The van der Waals surface area contributed by atoms with Gasteiger partial charge in [0, 0.05) is 62.3 Å². The number of aromatic nitrogens is 3. The second-order valence-electron chi connectivity index (χ2n) is 24.3. The fourth-order valence-electron chi connectivity index (χ4n) is 12.1. The van der Waals surface area contributed by atoms with E-state index in [0.29, 0.717) is 28.2 Å². The van der Waals surface area contributed by atoms with Gasteiger partial charge in [-0.2, -0.15) is 12.1 Å². The molecule has 0 aliphatic carbocycles. The second kappa shape index (κ2) is 17.8. The fraction of sp³-hybridized carbons (Fsp3) is 0.250. The fourth-order valence-corrected chi connectivity index (χ4v) is 12.1. The summed E-state index contributed by atoms with van der Waals surface area (Å²) in [5.41, 5.74) is 4.75. The van der Waals surface area contributed by atoms with Gasteiger partial charge in [-0.3, -0.25) is 0 Å². The van der Waals surface area contributed by atoms with E-state index < -0.39 is 42.2 Å². The molecule has 0 radical (unpaired) electrons. The van der Waals surface area contributed by atoms with Crippen molar-refractivity contribution >= 4 is 76.5 Å². The molecule has 0 atom stereocenters. The van der Waals surface area contributed by atoms with E-state index in [4.69, 9.17) is 22.1 Å². The summed E-state index contributed by atoms with van der Waals surface area (Å²) in [6.07, 6.45) is 1.87. The molecule has 2 aliphatic rings. The monoisotopic (exact) mass is 1210 g/mol. The molecule has 2 aliphatic heterocycles. The average molecular weight is 1210 g/mol. The van der Waals surface area contributed by atoms with Crippen LogP contribution in [-0.2, 0) is 48.1 Å². The van der Waals surface area contributed by atoms with Gasteiger partial charge in [-0.25, -0.2) is 4.98 Å². The minimum Gasteiger partial charge on any atom is -0.509 e. The first kappa shape index (κ1) is 41.7. The van der Waals surface area contributed by atoms with Crippen molar-refractivity contribution in [2.24, 2.45) is 0 Å². The summed E-state index contributed by atoms with van der Waals surface area (Å²) in [5, 5.41) is 7.83. The zero-order chi connectivity index (χ0) is 61.2. The van der Waals surface area contributed by atoms with E-state index in [2.05, 4.69) is 172 Å². The third-order valence-corrected chi connectivity index (χ3v) is 17.1. The van der Waals surface area contributed by atoms with Crippen LogP contribution in [0.2, 0.25) is 0 Å². The number of nitrogens with zero attached hydrogens (tertiary/aromatic N) is 4. The molecule has 8 aromatic carbocycles. The Morgan fingerprint density at radius 1 is 0.526 bits per heavy atom. The van der Waals surface area contributed by atoms with E-state index >= 15 is 0 Å². The molecular weight excluding hydrogens is 1130 g/mol. The quantitative estimate of drug-likeness (QED) is 0.165. The van der Waals surface area contributed by atoms with Crippen LogP contribution in [0.1, 0.15) is 130 Å². The van der Waals surface area contributed by atoms with Crippen LogP contribution in [0.4, 0.5) is 11.4 Å². The maximum Gasteiger partial charge on any atom is 0.135 e. The van der Waals surface area contributed by atoms with Gasteiger partial charge in [-0.15, -0.1) is 35.2 Å². The molecule has 0 fully saturated rings. The number of pyridine rings is 1. The molecular formula is C72H67N4OPt-3. The number of hydrogen-bond acceptors (Lipinski definition) is 3. The first-order valence-electron chi connectivity index (χ1n) is 31.1. The van der Waals surface area contributed by atoms with E-state index in [1.54, 1.807) is 0 Å². The molecule has 13 rings (SSSR count). The van der Waals surface area contributed by atoms with Gasteiger partial charge in [-0.05, 0) is 134 Å². The van der Waals surface area contributed by atoms with Gasteiger partial charge in [0.1, 0.15) is 5.82 Å². The normalized spacial score (nSPS) is 16.8. The van der Waals surface area contributed by atoms with E-state index in [0.717, 1.165) is 99.0 Å². The van der Waals surface area contributed by atoms with Crippen molar-refractivity contribution < 1.29 is 38.1 Å². The largest absolute Gasteiger partial charge is 0.509 e. The van der Waals surface area contributed by atoms with Crippen LogP contribution >= 0.6 is 0 Å². The van der Waals surface area contributed by atoms with E-state index in [-0.39, 0.29) is 32.0 Å². The van der Waals surface area contributed by atoms with Gasteiger partial charge in [-0.1, -0.05) is 216 Å². The number of anilines is 2. The van der Waals surface area contributed by atoms with E-state index in [1.807, 2.05) is 81.6 Å². The third-order valence-electron chi connectivity index (χ3n) is 17.1. The van der Waals surface area contributed by atoms with Gasteiger partial charge in [0.15, 0.2) is 0 Å². The van der Waals surface area contributed by atoms with Crippen LogP contribution in [0.15, 0.2) is 164 Å². The molecule has 11 aromatic rings. The van der Waals surface area contributed by atoms with Gasteiger partial charge in [0.05, 0.1) is 0 Å². The predicted octanol–water partition coefficient (Wildman–Crippen LogP) is 19.4. The van der Waals surface area contributed by atoms with Crippen molar-refractivity contribution in [2.45, 2.75) is 117 Å². The Labute approximate surface area is 487 Å². The molecule has 394 valence electrons. The van der Waals surface area contributed by atoms with Gasteiger partial charge in [0.25, 0.3) is 0 Å². The zero-order valence-corrected chi connectivity index (χ0v) is 48.0. The maximum atomic E-state index is 8.89. The molecule has 0 amide bonds. The van der Waals surface area contributed by atoms with Crippen LogP contribution in [-0.4, -0.2) is 14.1 Å². The van der Waals surface area contributed by atoms with E-state index in [1.165, 1.54) is 12.1 Å². The Balaban J connectivity index is 0.00000739. The number of ether oxygens (including phenoxy) is 1. The van der Waals surface area contributed by atoms with E-state index in [9.17, 15) is 0 Å². The van der Waals surface area contributed by atoms with Crippen LogP contribution in [0.3, 0.4) is 0 Å². The minimum absolute atomic E-state index is 0. The molecule has 0 spiro atoms. The van der Waals surface area contributed by atoms with Crippen molar-refractivity contribution in [3.8, 4) is 28.4 Å². The molecule has 0 bridgehead atoms. The SMILES string of the molecule is [2H]C([2H])([2H])C(c1cc(-c2cccc3c4ccccc4c4ccccc4c4ccc5c6c4n(c23)[CH-]N6c2[c-]c(Oc3[c-]c4c(cc3)c3ccccc3n4-c3cc(C(C)(C)C)ccn3)ccc2C(C)(C)C5(C)C)cc(C(C)(C)C)c1)(C([2H])([2H])[2H])C([2H])([2H])[2H].[Pt]. The van der Waals surface area contributed by atoms with Crippen LogP contribution in [0.25, 0.3) is 82.1 Å². The van der Waals surface area contributed by atoms with Gasteiger partial charge >= 0.3 is 0 Å². The van der Waals surface area contributed by atoms with Crippen LogP contribution in [0.5, 0.6) is 11.5 Å². The number of fused-ring (bicyclic) bond motifs is 12. The third kappa shape index (κ3) is 7.89.